The van der Waals surface area contributed by atoms with Gasteiger partial charge in [0, 0.05) is 44.4 Å². The first-order valence-electron chi connectivity index (χ1n) is 6.55. The average molecular weight is 278 g/mol. The van der Waals surface area contributed by atoms with Crippen molar-refractivity contribution in [3.63, 3.8) is 0 Å². The smallest absolute Gasteiger partial charge is 0.191 e. The van der Waals surface area contributed by atoms with Crippen molar-refractivity contribution in [3.8, 4) is 0 Å². The lowest BCUT2D eigenvalue weighted by Crippen LogP contribution is -2.42. The van der Waals surface area contributed by atoms with Crippen LogP contribution < -0.4 is 10.6 Å². The maximum absolute atomic E-state index is 6.03. The molecule has 0 aromatic heterocycles. The number of nitrogens with two attached hydrogens (primary N) is 1. The van der Waals surface area contributed by atoms with Gasteiger partial charge in [-0.3, -0.25) is 0 Å². The Balaban J connectivity index is 1.93. The van der Waals surface area contributed by atoms with Gasteiger partial charge < -0.3 is 15.5 Å². The van der Waals surface area contributed by atoms with Crippen LogP contribution in [0.3, 0.4) is 0 Å². The Bertz CT molecular complexity index is 422. The summed E-state index contributed by atoms with van der Waals surface area (Å²) in [6.07, 6.45) is 0. The molecule has 1 aliphatic rings. The second-order valence-electron chi connectivity index (χ2n) is 4.83. The van der Waals surface area contributed by atoms with Crippen molar-refractivity contribution in [2.24, 2.45) is 10.7 Å². The van der Waals surface area contributed by atoms with Crippen LogP contribution in [0.4, 0.5) is 5.69 Å². The maximum Gasteiger partial charge on any atom is 0.191 e. The molecule has 1 aromatic rings. The highest BCUT2D eigenvalue weighted by atomic mass is 32.2. The van der Waals surface area contributed by atoms with Crippen LogP contribution in [0.5, 0.6) is 0 Å². The molecule has 0 aliphatic carbocycles. The number of thioether (sulfide) groups is 1. The lowest BCUT2D eigenvalue weighted by Gasteiger charge is -2.27. The van der Waals surface area contributed by atoms with E-state index in [1.54, 1.807) is 0 Å². The molecule has 0 bridgehead atoms. The zero-order valence-electron chi connectivity index (χ0n) is 11.7. The Morgan fingerprint density at radius 1 is 1.26 bits per heavy atom. The number of aliphatic imine (C=N–C) groups is 1. The Kier molecular flexibility index (Phi) is 4.96. The molecular formula is C14H22N4S. The largest absolute Gasteiger partial charge is 0.378 e. The van der Waals surface area contributed by atoms with Crippen molar-refractivity contribution in [2.75, 3.05) is 43.6 Å². The van der Waals surface area contributed by atoms with E-state index >= 15 is 0 Å². The molecule has 0 saturated carbocycles. The van der Waals surface area contributed by atoms with Crippen LogP contribution in [-0.2, 0) is 6.54 Å². The van der Waals surface area contributed by atoms with Gasteiger partial charge in [-0.25, -0.2) is 4.99 Å². The lowest BCUT2D eigenvalue weighted by atomic mass is 10.2. The molecule has 0 spiro atoms. The van der Waals surface area contributed by atoms with Crippen molar-refractivity contribution >= 4 is 23.4 Å². The molecule has 4 nitrogen and oxygen atoms in total. The van der Waals surface area contributed by atoms with E-state index in [0.717, 1.165) is 24.6 Å². The zero-order chi connectivity index (χ0) is 13.7. The van der Waals surface area contributed by atoms with Gasteiger partial charge in [0.15, 0.2) is 5.96 Å². The predicted molar refractivity (Wildman–Crippen MR) is 85.0 cm³/mol. The van der Waals surface area contributed by atoms with Crippen LogP contribution in [0.2, 0.25) is 0 Å². The molecule has 1 fully saturated rings. The molecule has 0 radical (unpaired) electrons. The normalized spacial score (nSPS) is 16.5. The summed E-state index contributed by atoms with van der Waals surface area (Å²) < 4.78 is 0. The molecule has 0 atom stereocenters. The van der Waals surface area contributed by atoms with Gasteiger partial charge >= 0.3 is 0 Å². The molecule has 104 valence electrons. The highest BCUT2D eigenvalue weighted by molar-refractivity contribution is 7.99. The van der Waals surface area contributed by atoms with Crippen molar-refractivity contribution in [1.29, 1.82) is 0 Å². The summed E-state index contributed by atoms with van der Waals surface area (Å²) in [6, 6.07) is 8.44. The molecule has 1 aliphatic heterocycles. The minimum atomic E-state index is 0.656. The molecule has 2 N–H and O–H groups in total. The van der Waals surface area contributed by atoms with Crippen LogP contribution in [0.15, 0.2) is 29.3 Å². The van der Waals surface area contributed by atoms with E-state index in [1.807, 2.05) is 25.9 Å². The van der Waals surface area contributed by atoms with Gasteiger partial charge in [0.1, 0.15) is 0 Å². The number of guanidine groups is 1. The van der Waals surface area contributed by atoms with E-state index in [-0.39, 0.29) is 0 Å². The van der Waals surface area contributed by atoms with E-state index < -0.39 is 0 Å². The van der Waals surface area contributed by atoms with Gasteiger partial charge in [-0.15, -0.1) is 0 Å². The van der Waals surface area contributed by atoms with E-state index in [2.05, 4.69) is 39.1 Å². The Labute approximate surface area is 119 Å². The van der Waals surface area contributed by atoms with Crippen LogP contribution in [0.25, 0.3) is 0 Å². The minimum Gasteiger partial charge on any atom is -0.378 e. The standard InChI is InChI=1S/C14H22N4S/c1-17(2)13-5-3-12(4-6-13)11-16-14(15)18-7-9-19-10-8-18/h3-6H,7-11H2,1-2H3,(H2,15,16). The molecular weight excluding hydrogens is 256 g/mol. The summed E-state index contributed by atoms with van der Waals surface area (Å²) in [5.41, 5.74) is 8.43. The van der Waals surface area contributed by atoms with Gasteiger partial charge in [0.25, 0.3) is 0 Å². The van der Waals surface area contributed by atoms with Crippen LogP contribution >= 0.6 is 11.8 Å². The van der Waals surface area contributed by atoms with Gasteiger partial charge in [-0.05, 0) is 17.7 Å². The van der Waals surface area contributed by atoms with Crippen LogP contribution in [0, 0.1) is 0 Å². The molecule has 5 heteroatoms. The molecule has 1 heterocycles. The number of hydrogen-bond donors (Lipinski definition) is 1. The van der Waals surface area contributed by atoms with Crippen LogP contribution in [-0.4, -0.2) is 49.6 Å². The average Bonchev–Trinajstić information content (AvgIpc) is 2.46. The summed E-state index contributed by atoms with van der Waals surface area (Å²) in [5.74, 6) is 2.97. The van der Waals surface area contributed by atoms with Crippen molar-refractivity contribution in [3.05, 3.63) is 29.8 Å². The minimum absolute atomic E-state index is 0.656. The topological polar surface area (TPSA) is 44.9 Å². The predicted octanol–water partition coefficient (Wildman–Crippen LogP) is 1.62. The molecule has 1 aromatic carbocycles. The Morgan fingerprint density at radius 3 is 2.47 bits per heavy atom. The fourth-order valence-electron chi connectivity index (χ4n) is 1.96. The molecule has 0 amide bonds. The fourth-order valence-corrected chi connectivity index (χ4v) is 2.87. The first kappa shape index (κ1) is 14.1. The number of benzene rings is 1. The summed E-state index contributed by atoms with van der Waals surface area (Å²) in [7, 11) is 4.08. The lowest BCUT2D eigenvalue weighted by molar-refractivity contribution is 0.455. The van der Waals surface area contributed by atoms with E-state index in [9.17, 15) is 0 Å². The van der Waals surface area contributed by atoms with E-state index in [4.69, 9.17) is 5.73 Å². The van der Waals surface area contributed by atoms with E-state index in [0.29, 0.717) is 12.5 Å². The van der Waals surface area contributed by atoms with Gasteiger partial charge in [-0.1, -0.05) is 12.1 Å². The number of anilines is 1. The van der Waals surface area contributed by atoms with E-state index in [1.165, 1.54) is 11.3 Å². The third-order valence-electron chi connectivity index (χ3n) is 3.21. The van der Waals surface area contributed by atoms with Gasteiger partial charge in [-0.2, -0.15) is 11.8 Å². The number of rotatable bonds is 3. The SMILES string of the molecule is CN(C)c1ccc(CN=C(N)N2CCSCC2)cc1. The highest BCUT2D eigenvalue weighted by Crippen LogP contribution is 2.13. The first-order chi connectivity index (χ1) is 9.16. The summed E-state index contributed by atoms with van der Waals surface area (Å²) >= 11 is 1.98. The highest BCUT2D eigenvalue weighted by Gasteiger charge is 2.11. The van der Waals surface area contributed by atoms with Crippen molar-refractivity contribution in [2.45, 2.75) is 6.54 Å². The van der Waals surface area contributed by atoms with Gasteiger partial charge in [0.2, 0.25) is 0 Å². The summed E-state index contributed by atoms with van der Waals surface area (Å²) in [4.78, 5) is 8.75. The molecule has 1 saturated heterocycles. The monoisotopic (exact) mass is 278 g/mol. The van der Waals surface area contributed by atoms with Gasteiger partial charge in [0.05, 0.1) is 6.54 Å². The second kappa shape index (κ2) is 6.70. The molecule has 19 heavy (non-hydrogen) atoms. The maximum atomic E-state index is 6.03. The number of nitrogens with zero attached hydrogens (tertiary/aromatic N) is 3. The third kappa shape index (κ3) is 4.06. The number of hydrogen-bond acceptors (Lipinski definition) is 3. The van der Waals surface area contributed by atoms with Crippen LogP contribution in [0.1, 0.15) is 5.56 Å². The third-order valence-corrected chi connectivity index (χ3v) is 4.15. The zero-order valence-corrected chi connectivity index (χ0v) is 12.5. The molecule has 2 rings (SSSR count). The summed E-state index contributed by atoms with van der Waals surface area (Å²) in [6.45, 7) is 2.68. The second-order valence-corrected chi connectivity index (χ2v) is 6.06. The fraction of sp³-hybridized carbons (Fsp3) is 0.500. The summed E-state index contributed by atoms with van der Waals surface area (Å²) in [5, 5.41) is 0. The Morgan fingerprint density at radius 2 is 1.89 bits per heavy atom. The first-order valence-corrected chi connectivity index (χ1v) is 7.71. The Hall–Kier alpha value is -1.36. The quantitative estimate of drug-likeness (QED) is 0.674. The molecule has 0 unspecified atom stereocenters. The van der Waals surface area contributed by atoms with Crippen molar-refractivity contribution < 1.29 is 0 Å². The van der Waals surface area contributed by atoms with Crippen molar-refractivity contribution in [1.82, 2.24) is 4.90 Å².